The van der Waals surface area contributed by atoms with E-state index < -0.39 is 0 Å². The summed E-state index contributed by atoms with van der Waals surface area (Å²) < 4.78 is 1.74. The maximum atomic E-state index is 9.47. The second-order valence-corrected chi connectivity index (χ2v) is 6.05. The smallest absolute Gasteiger partial charge is 0.157 e. The number of aromatic nitrogens is 3. The van der Waals surface area contributed by atoms with Gasteiger partial charge in [0.15, 0.2) is 5.65 Å². The quantitative estimate of drug-likeness (QED) is 0.544. The predicted octanol–water partition coefficient (Wildman–Crippen LogP) is 3.62. The summed E-state index contributed by atoms with van der Waals surface area (Å²) in [5.74, 6) is 0.794. The van der Waals surface area contributed by atoms with Crippen molar-refractivity contribution in [3.63, 3.8) is 0 Å². The number of fused-ring (bicyclic) bond motifs is 1. The highest BCUT2D eigenvalue weighted by Crippen LogP contribution is 2.31. The fourth-order valence-corrected chi connectivity index (χ4v) is 3.64. The van der Waals surface area contributed by atoms with Crippen LogP contribution in [-0.4, -0.2) is 20.9 Å². The Labute approximate surface area is 131 Å². The molecule has 6 heteroatoms. The minimum atomic E-state index is 0.597. The van der Waals surface area contributed by atoms with Gasteiger partial charge in [0.25, 0.3) is 0 Å². The van der Waals surface area contributed by atoms with Crippen LogP contribution < -0.4 is 0 Å². The number of nitrogens with zero attached hydrogens (tertiary/aromatic N) is 4. The Morgan fingerprint density at radius 3 is 2.76 bits per heavy atom. The van der Waals surface area contributed by atoms with Crippen molar-refractivity contribution in [2.24, 2.45) is 0 Å². The highest BCUT2D eigenvalue weighted by molar-refractivity contribution is 7.99. The van der Waals surface area contributed by atoms with E-state index in [1.807, 2.05) is 30.5 Å². The Bertz CT molecular complexity index is 806. The van der Waals surface area contributed by atoms with Gasteiger partial charge in [-0.15, -0.1) is 23.5 Å². The molecule has 0 spiro atoms. The summed E-state index contributed by atoms with van der Waals surface area (Å²) >= 11 is 3.10. The summed E-state index contributed by atoms with van der Waals surface area (Å²) in [6.45, 7) is 0. The molecule has 0 aliphatic carbocycles. The molecule has 0 unspecified atom stereocenters. The first-order valence-electron chi connectivity index (χ1n) is 6.32. The number of hydrogen-bond donors (Lipinski definition) is 0. The molecule has 0 saturated carbocycles. The van der Waals surface area contributed by atoms with Gasteiger partial charge in [-0.25, -0.2) is 9.50 Å². The van der Waals surface area contributed by atoms with Crippen LogP contribution in [0.2, 0.25) is 0 Å². The number of rotatable bonds is 4. The van der Waals surface area contributed by atoms with Crippen molar-refractivity contribution in [1.29, 1.82) is 5.26 Å². The van der Waals surface area contributed by atoms with Gasteiger partial charge in [-0.05, 0) is 11.8 Å². The van der Waals surface area contributed by atoms with Crippen LogP contribution in [0.4, 0.5) is 0 Å². The first-order chi connectivity index (χ1) is 10.3. The lowest BCUT2D eigenvalue weighted by Gasteiger charge is -2.09. The van der Waals surface area contributed by atoms with E-state index in [1.165, 1.54) is 17.3 Å². The topological polar surface area (TPSA) is 54.0 Å². The van der Waals surface area contributed by atoms with Gasteiger partial charge in [-0.1, -0.05) is 30.3 Å². The molecule has 21 heavy (non-hydrogen) atoms. The van der Waals surface area contributed by atoms with E-state index in [2.05, 4.69) is 28.3 Å². The molecule has 0 amide bonds. The van der Waals surface area contributed by atoms with Crippen LogP contribution in [-0.2, 0) is 5.75 Å². The molecule has 0 N–H and O–H groups in total. The van der Waals surface area contributed by atoms with Gasteiger partial charge in [0.05, 0.1) is 6.20 Å². The third kappa shape index (κ3) is 2.75. The average Bonchev–Trinajstić information content (AvgIpc) is 3.00. The van der Waals surface area contributed by atoms with Crippen LogP contribution >= 0.6 is 23.5 Å². The van der Waals surface area contributed by atoms with E-state index in [0.29, 0.717) is 5.56 Å². The van der Waals surface area contributed by atoms with E-state index in [0.717, 1.165) is 21.5 Å². The molecule has 0 aliphatic rings. The second kappa shape index (κ2) is 6.20. The van der Waals surface area contributed by atoms with Gasteiger partial charge < -0.3 is 0 Å². The molecule has 0 fully saturated rings. The average molecular weight is 312 g/mol. The van der Waals surface area contributed by atoms with Crippen molar-refractivity contribution < 1.29 is 0 Å². The predicted molar refractivity (Wildman–Crippen MR) is 85.5 cm³/mol. The van der Waals surface area contributed by atoms with Crippen LogP contribution in [0.5, 0.6) is 0 Å². The number of thioether (sulfide) groups is 2. The Morgan fingerprint density at radius 1 is 1.24 bits per heavy atom. The molecular formula is C15H12N4S2. The summed E-state index contributed by atoms with van der Waals surface area (Å²) in [5.41, 5.74) is 2.59. The van der Waals surface area contributed by atoms with Crippen LogP contribution in [0.1, 0.15) is 11.1 Å². The maximum Gasteiger partial charge on any atom is 0.157 e. The van der Waals surface area contributed by atoms with E-state index in [-0.39, 0.29) is 0 Å². The molecule has 1 aromatic carbocycles. The van der Waals surface area contributed by atoms with Crippen LogP contribution in [0.15, 0.2) is 52.6 Å². The highest BCUT2D eigenvalue weighted by atomic mass is 32.2. The first kappa shape index (κ1) is 14.0. The van der Waals surface area contributed by atoms with Crippen molar-refractivity contribution in [1.82, 2.24) is 14.6 Å². The van der Waals surface area contributed by atoms with Gasteiger partial charge in [0.2, 0.25) is 0 Å². The fourth-order valence-electron chi connectivity index (χ4n) is 2.00. The van der Waals surface area contributed by atoms with Crippen molar-refractivity contribution in [2.45, 2.75) is 15.8 Å². The largest absolute Gasteiger partial charge is 0.221 e. The molecule has 0 radical (unpaired) electrons. The molecule has 2 heterocycles. The Hall–Kier alpha value is -1.97. The molecule has 0 aliphatic heterocycles. The minimum absolute atomic E-state index is 0.597. The number of nitriles is 1. The van der Waals surface area contributed by atoms with Crippen molar-refractivity contribution in [3.05, 3.63) is 53.7 Å². The normalized spacial score (nSPS) is 10.7. The summed E-state index contributed by atoms with van der Waals surface area (Å²) in [4.78, 5) is 4.47. The molecule has 0 atom stereocenters. The summed E-state index contributed by atoms with van der Waals surface area (Å²) in [5, 5.41) is 15.4. The molecule has 0 bridgehead atoms. The fraction of sp³-hybridized carbons (Fsp3) is 0.133. The summed E-state index contributed by atoms with van der Waals surface area (Å²) in [7, 11) is 0. The number of hydrogen-bond acceptors (Lipinski definition) is 5. The standard InChI is InChI=1S/C15H12N4S2/c1-20-14-12(9-16)15(19-13(18-14)7-8-17-19)21-10-11-5-3-2-4-6-11/h2-8H,10H2,1H3. The molecule has 3 aromatic rings. The lowest BCUT2D eigenvalue weighted by Crippen LogP contribution is -2.01. The molecule has 0 saturated heterocycles. The second-order valence-electron chi connectivity index (χ2n) is 4.29. The number of benzene rings is 1. The van der Waals surface area contributed by atoms with Crippen molar-refractivity contribution in [2.75, 3.05) is 6.26 Å². The lowest BCUT2D eigenvalue weighted by molar-refractivity contribution is 0.811. The van der Waals surface area contributed by atoms with Gasteiger partial charge in [0.1, 0.15) is 21.7 Å². The lowest BCUT2D eigenvalue weighted by atomic mass is 10.2. The Kier molecular flexibility index (Phi) is 4.13. The molecule has 3 rings (SSSR count). The van der Waals surface area contributed by atoms with Gasteiger partial charge in [-0.3, -0.25) is 0 Å². The van der Waals surface area contributed by atoms with Crippen LogP contribution in [0.25, 0.3) is 5.65 Å². The summed E-state index contributed by atoms with van der Waals surface area (Å²) in [6, 6.07) is 14.3. The van der Waals surface area contributed by atoms with Gasteiger partial charge >= 0.3 is 0 Å². The molecule has 104 valence electrons. The summed E-state index contributed by atoms with van der Waals surface area (Å²) in [6.07, 6.45) is 3.64. The monoisotopic (exact) mass is 312 g/mol. The Morgan fingerprint density at radius 2 is 2.05 bits per heavy atom. The third-order valence-electron chi connectivity index (χ3n) is 2.98. The van der Waals surface area contributed by atoms with Gasteiger partial charge in [-0.2, -0.15) is 10.4 Å². The van der Waals surface area contributed by atoms with E-state index >= 15 is 0 Å². The zero-order chi connectivity index (χ0) is 14.7. The molecular weight excluding hydrogens is 300 g/mol. The van der Waals surface area contributed by atoms with Crippen molar-refractivity contribution in [3.8, 4) is 6.07 Å². The van der Waals surface area contributed by atoms with Crippen molar-refractivity contribution >= 4 is 29.2 Å². The third-order valence-corrected chi connectivity index (χ3v) is 4.79. The SMILES string of the molecule is CSc1nc2ccnn2c(SCc2ccccc2)c1C#N. The maximum absolute atomic E-state index is 9.47. The molecule has 2 aromatic heterocycles. The van der Waals surface area contributed by atoms with E-state index in [1.54, 1.807) is 22.5 Å². The zero-order valence-corrected chi connectivity index (χ0v) is 13.0. The van der Waals surface area contributed by atoms with E-state index in [9.17, 15) is 5.26 Å². The van der Waals surface area contributed by atoms with Crippen LogP contribution in [0, 0.1) is 11.3 Å². The van der Waals surface area contributed by atoms with Crippen LogP contribution in [0.3, 0.4) is 0 Å². The highest BCUT2D eigenvalue weighted by Gasteiger charge is 2.15. The van der Waals surface area contributed by atoms with Gasteiger partial charge in [0, 0.05) is 11.8 Å². The molecule has 4 nitrogen and oxygen atoms in total. The zero-order valence-electron chi connectivity index (χ0n) is 11.4. The minimum Gasteiger partial charge on any atom is -0.221 e. The van der Waals surface area contributed by atoms with E-state index in [4.69, 9.17) is 0 Å². The Balaban J connectivity index is 2.03. The first-order valence-corrected chi connectivity index (χ1v) is 8.53.